The number of nitrogens with zero attached hydrogens (tertiary/aromatic N) is 4. The van der Waals surface area contributed by atoms with Crippen LogP contribution in [-0.4, -0.2) is 49.2 Å². The highest BCUT2D eigenvalue weighted by Crippen LogP contribution is 2.28. The summed E-state index contributed by atoms with van der Waals surface area (Å²) in [6.45, 7) is 5.55. The Morgan fingerprint density at radius 3 is 2.82 bits per heavy atom. The first-order valence-electron chi connectivity index (χ1n) is 7.90. The minimum Gasteiger partial charge on any atom is -0.463 e. The van der Waals surface area contributed by atoms with Crippen LogP contribution >= 0.6 is 0 Å². The van der Waals surface area contributed by atoms with Gasteiger partial charge in [-0.3, -0.25) is 4.79 Å². The van der Waals surface area contributed by atoms with Crippen LogP contribution in [0.2, 0.25) is 0 Å². The van der Waals surface area contributed by atoms with Gasteiger partial charge in [-0.25, -0.2) is 9.97 Å². The van der Waals surface area contributed by atoms with Gasteiger partial charge in [-0.05, 0) is 32.6 Å². The highest BCUT2D eigenvalue weighted by Gasteiger charge is 2.26. The van der Waals surface area contributed by atoms with Crippen LogP contribution in [0.15, 0.2) is 12.4 Å². The number of anilines is 2. The summed E-state index contributed by atoms with van der Waals surface area (Å²) in [5.41, 5.74) is 0. The molecule has 0 aromatic carbocycles. The topological polar surface area (TPSA) is 58.6 Å². The lowest BCUT2D eigenvalue weighted by Crippen LogP contribution is -2.38. The molecule has 0 amide bonds. The largest absolute Gasteiger partial charge is 0.463 e. The van der Waals surface area contributed by atoms with Gasteiger partial charge < -0.3 is 14.5 Å². The number of carbonyl (C=O) groups is 1. The predicted molar refractivity (Wildman–Crippen MR) is 87.1 cm³/mol. The minimum atomic E-state index is -0.103. The third-order valence-corrected chi connectivity index (χ3v) is 3.72. The number of piperidine rings is 1. The third-order valence-electron chi connectivity index (χ3n) is 3.72. The van der Waals surface area contributed by atoms with Crippen LogP contribution < -0.4 is 9.80 Å². The molecule has 1 aromatic rings. The molecule has 1 unspecified atom stereocenters. The summed E-state index contributed by atoms with van der Waals surface area (Å²) in [5.74, 6) is 1.98. The molecule has 6 heteroatoms. The van der Waals surface area contributed by atoms with Crippen LogP contribution in [0.4, 0.5) is 11.6 Å². The Hall–Kier alpha value is -1.85. The lowest BCUT2D eigenvalue weighted by molar-refractivity contribution is -0.148. The van der Waals surface area contributed by atoms with Crippen molar-refractivity contribution in [2.45, 2.75) is 39.2 Å². The number of hydrogen-bond acceptors (Lipinski definition) is 6. The second-order valence-electron chi connectivity index (χ2n) is 6.29. The molecule has 1 atom stereocenters. The average Bonchev–Trinajstić information content (AvgIpc) is 2.46. The molecule has 0 saturated carbocycles. The molecule has 22 heavy (non-hydrogen) atoms. The number of carbonyl (C=O) groups excluding carboxylic acids is 1. The van der Waals surface area contributed by atoms with Gasteiger partial charge in [0.05, 0.1) is 12.5 Å². The van der Waals surface area contributed by atoms with E-state index in [4.69, 9.17) is 4.74 Å². The zero-order chi connectivity index (χ0) is 16.1. The quantitative estimate of drug-likeness (QED) is 0.777. The van der Waals surface area contributed by atoms with Crippen LogP contribution in [0.25, 0.3) is 0 Å². The van der Waals surface area contributed by atoms with E-state index in [1.165, 1.54) is 0 Å². The van der Waals surface area contributed by atoms with Crippen molar-refractivity contribution >= 4 is 17.6 Å². The molecular weight excluding hydrogens is 280 g/mol. The van der Waals surface area contributed by atoms with Crippen molar-refractivity contribution in [2.75, 3.05) is 37.0 Å². The molecular formula is C16H26N4O2. The normalized spacial score (nSPS) is 18.4. The fourth-order valence-electron chi connectivity index (χ4n) is 2.83. The molecule has 1 aromatic heterocycles. The second kappa shape index (κ2) is 7.42. The Bertz CT molecular complexity index is 505. The van der Waals surface area contributed by atoms with E-state index >= 15 is 0 Å². The fraction of sp³-hybridized carbons (Fsp3) is 0.688. The highest BCUT2D eigenvalue weighted by atomic mass is 16.5. The third kappa shape index (κ3) is 4.32. The Labute approximate surface area is 132 Å². The van der Waals surface area contributed by atoms with E-state index in [0.717, 1.165) is 37.6 Å². The van der Waals surface area contributed by atoms with Gasteiger partial charge in [-0.2, -0.15) is 0 Å². The average molecular weight is 306 g/mol. The maximum absolute atomic E-state index is 11.9. The van der Waals surface area contributed by atoms with E-state index in [0.29, 0.717) is 12.3 Å². The highest BCUT2D eigenvalue weighted by molar-refractivity contribution is 5.70. The van der Waals surface area contributed by atoms with Crippen LogP contribution in [0, 0.1) is 5.92 Å². The summed E-state index contributed by atoms with van der Waals surface area (Å²) in [7, 11) is 3.93. The van der Waals surface area contributed by atoms with Crippen LogP contribution in [0.5, 0.6) is 0 Å². The minimum absolute atomic E-state index is 0.0486. The van der Waals surface area contributed by atoms with E-state index in [1.807, 2.05) is 32.8 Å². The van der Waals surface area contributed by atoms with E-state index in [9.17, 15) is 4.79 Å². The van der Waals surface area contributed by atoms with Gasteiger partial charge in [0, 0.05) is 39.6 Å². The van der Waals surface area contributed by atoms with Crippen molar-refractivity contribution in [1.82, 2.24) is 9.97 Å². The number of aromatic nitrogens is 2. The molecule has 0 N–H and O–H groups in total. The Morgan fingerprint density at radius 2 is 2.14 bits per heavy atom. The summed E-state index contributed by atoms with van der Waals surface area (Å²) in [4.78, 5) is 25.0. The zero-order valence-corrected chi connectivity index (χ0v) is 14.0. The van der Waals surface area contributed by atoms with E-state index in [-0.39, 0.29) is 12.1 Å². The Morgan fingerprint density at radius 1 is 1.41 bits per heavy atom. The fourth-order valence-corrected chi connectivity index (χ4v) is 2.83. The van der Waals surface area contributed by atoms with E-state index in [1.54, 1.807) is 12.4 Å². The number of hydrogen-bond donors (Lipinski definition) is 0. The van der Waals surface area contributed by atoms with Gasteiger partial charge in [0.1, 0.15) is 0 Å². The summed E-state index contributed by atoms with van der Waals surface area (Å²) in [5, 5.41) is 0. The molecule has 0 bridgehead atoms. The Balaban J connectivity index is 2.03. The number of ether oxygens (including phenoxy) is 1. The molecule has 0 radical (unpaired) electrons. The van der Waals surface area contributed by atoms with Gasteiger partial charge in [-0.1, -0.05) is 0 Å². The van der Waals surface area contributed by atoms with Gasteiger partial charge in [-0.15, -0.1) is 0 Å². The number of rotatable bonds is 5. The zero-order valence-electron chi connectivity index (χ0n) is 14.0. The van der Waals surface area contributed by atoms with Gasteiger partial charge in [0.15, 0.2) is 11.6 Å². The first-order chi connectivity index (χ1) is 10.5. The van der Waals surface area contributed by atoms with Crippen molar-refractivity contribution in [3.63, 3.8) is 0 Å². The molecule has 2 heterocycles. The molecule has 1 aliphatic rings. The van der Waals surface area contributed by atoms with Crippen LogP contribution in [0.3, 0.4) is 0 Å². The van der Waals surface area contributed by atoms with E-state index < -0.39 is 0 Å². The smallest absolute Gasteiger partial charge is 0.306 e. The van der Waals surface area contributed by atoms with Crippen LogP contribution in [0.1, 0.15) is 33.1 Å². The summed E-state index contributed by atoms with van der Waals surface area (Å²) < 4.78 is 5.26. The standard InChI is InChI=1S/C16H26N4O2/c1-12(2)22-14(21)10-13-6-5-9-20(11-13)16-15(19(3)4)17-7-8-18-16/h7-8,12-13H,5-6,9-11H2,1-4H3. The molecule has 0 aliphatic carbocycles. The van der Waals surface area contributed by atoms with Crippen LogP contribution in [-0.2, 0) is 9.53 Å². The molecule has 2 rings (SSSR count). The summed E-state index contributed by atoms with van der Waals surface area (Å²) >= 11 is 0. The molecule has 1 aliphatic heterocycles. The summed E-state index contributed by atoms with van der Waals surface area (Å²) in [6.07, 6.45) is 5.98. The monoisotopic (exact) mass is 306 g/mol. The first-order valence-corrected chi connectivity index (χ1v) is 7.90. The maximum atomic E-state index is 11.9. The molecule has 6 nitrogen and oxygen atoms in total. The molecule has 0 spiro atoms. The summed E-state index contributed by atoms with van der Waals surface area (Å²) in [6, 6.07) is 0. The van der Waals surface area contributed by atoms with E-state index in [2.05, 4.69) is 14.9 Å². The molecule has 1 fully saturated rings. The lowest BCUT2D eigenvalue weighted by Gasteiger charge is -2.34. The first kappa shape index (κ1) is 16.5. The predicted octanol–water partition coefficient (Wildman–Crippen LogP) is 2.10. The molecule has 1 saturated heterocycles. The van der Waals surface area contributed by atoms with Crippen molar-refractivity contribution in [3.05, 3.63) is 12.4 Å². The molecule has 122 valence electrons. The van der Waals surface area contributed by atoms with Crippen molar-refractivity contribution < 1.29 is 9.53 Å². The lowest BCUT2D eigenvalue weighted by atomic mass is 9.95. The van der Waals surface area contributed by atoms with Gasteiger partial charge in [0.2, 0.25) is 0 Å². The van der Waals surface area contributed by atoms with Crippen molar-refractivity contribution in [3.8, 4) is 0 Å². The Kier molecular flexibility index (Phi) is 5.57. The van der Waals surface area contributed by atoms with Gasteiger partial charge in [0.25, 0.3) is 0 Å². The van der Waals surface area contributed by atoms with Gasteiger partial charge >= 0.3 is 5.97 Å². The number of esters is 1. The van der Waals surface area contributed by atoms with Crippen molar-refractivity contribution in [1.29, 1.82) is 0 Å². The maximum Gasteiger partial charge on any atom is 0.306 e. The van der Waals surface area contributed by atoms with Crippen molar-refractivity contribution in [2.24, 2.45) is 5.92 Å². The SMILES string of the molecule is CC(C)OC(=O)CC1CCCN(c2nccnc2N(C)C)C1. The second-order valence-corrected chi connectivity index (χ2v) is 6.29.